The molecule has 0 radical (unpaired) electrons. The van der Waals surface area contributed by atoms with Gasteiger partial charge in [-0.2, -0.15) is 0 Å². The number of hydrogen-bond donors (Lipinski definition) is 1. The molecular formula is C20H26N2O2. The molecule has 1 aromatic carbocycles. The van der Waals surface area contributed by atoms with Gasteiger partial charge in [-0.05, 0) is 37.8 Å². The highest BCUT2D eigenvalue weighted by Gasteiger charge is 2.44. The molecular weight excluding hydrogens is 300 g/mol. The molecule has 3 heterocycles. The van der Waals surface area contributed by atoms with Gasteiger partial charge in [-0.3, -0.25) is 9.88 Å². The average molecular weight is 326 g/mol. The summed E-state index contributed by atoms with van der Waals surface area (Å²) in [6.07, 6.45) is 5.39. The Kier molecular flexibility index (Phi) is 4.07. The molecule has 24 heavy (non-hydrogen) atoms. The second-order valence-electron chi connectivity index (χ2n) is 7.72. The lowest BCUT2D eigenvalue weighted by Crippen LogP contribution is -2.53. The van der Waals surface area contributed by atoms with Gasteiger partial charge in [-0.25, -0.2) is 0 Å². The zero-order chi connectivity index (χ0) is 16.6. The van der Waals surface area contributed by atoms with Gasteiger partial charge in [-0.15, -0.1) is 0 Å². The lowest BCUT2D eigenvalue weighted by Gasteiger charge is -2.48. The predicted octanol–water partition coefficient (Wildman–Crippen LogP) is 3.13. The first-order valence-electron chi connectivity index (χ1n) is 8.97. The first-order chi connectivity index (χ1) is 11.6. The maximum atomic E-state index is 10.4. The Morgan fingerprint density at radius 3 is 2.75 bits per heavy atom. The summed E-state index contributed by atoms with van der Waals surface area (Å²) in [6, 6.07) is 10.5. The zero-order valence-corrected chi connectivity index (χ0v) is 14.4. The van der Waals surface area contributed by atoms with Crippen molar-refractivity contribution in [3.05, 3.63) is 42.1 Å². The summed E-state index contributed by atoms with van der Waals surface area (Å²) in [5.74, 6) is 0. The summed E-state index contributed by atoms with van der Waals surface area (Å²) < 4.78 is 6.11. The Bertz CT molecular complexity index is 715. The molecule has 2 fully saturated rings. The number of hydrogen-bond acceptors (Lipinski definition) is 4. The highest BCUT2D eigenvalue weighted by molar-refractivity contribution is 5.81. The number of ether oxygens (including phenoxy) is 1. The third-order valence-corrected chi connectivity index (χ3v) is 5.63. The van der Waals surface area contributed by atoms with E-state index in [0.717, 1.165) is 50.8 Å². The Balaban J connectivity index is 1.45. The van der Waals surface area contributed by atoms with Gasteiger partial charge in [0.05, 0.1) is 23.3 Å². The van der Waals surface area contributed by atoms with Gasteiger partial charge in [0, 0.05) is 37.6 Å². The zero-order valence-electron chi connectivity index (χ0n) is 14.4. The van der Waals surface area contributed by atoms with E-state index in [0.29, 0.717) is 6.61 Å². The van der Waals surface area contributed by atoms with Gasteiger partial charge >= 0.3 is 0 Å². The van der Waals surface area contributed by atoms with Gasteiger partial charge in [0.25, 0.3) is 0 Å². The lowest BCUT2D eigenvalue weighted by molar-refractivity contribution is -0.173. The molecule has 0 bridgehead atoms. The number of benzene rings is 1. The normalized spacial score (nSPS) is 27.6. The number of piperidine rings is 1. The largest absolute Gasteiger partial charge is 0.390 e. The molecule has 1 N–H and O–H groups in total. The Morgan fingerprint density at radius 1 is 1.17 bits per heavy atom. The van der Waals surface area contributed by atoms with E-state index in [4.69, 9.17) is 4.74 Å². The molecule has 2 saturated heterocycles. The number of likely N-dealkylation sites (tertiary alicyclic amines) is 1. The molecule has 2 aromatic rings. The van der Waals surface area contributed by atoms with Gasteiger partial charge in [0.1, 0.15) is 0 Å². The molecule has 4 rings (SSSR count). The maximum Gasteiger partial charge on any atom is 0.0746 e. The van der Waals surface area contributed by atoms with E-state index in [2.05, 4.69) is 34.1 Å². The van der Waals surface area contributed by atoms with Crippen LogP contribution < -0.4 is 0 Å². The first-order valence-corrected chi connectivity index (χ1v) is 8.97. The van der Waals surface area contributed by atoms with Crippen molar-refractivity contribution in [2.45, 2.75) is 50.4 Å². The van der Waals surface area contributed by atoms with E-state index in [-0.39, 0.29) is 5.60 Å². The van der Waals surface area contributed by atoms with Crippen LogP contribution in [0.1, 0.15) is 38.2 Å². The van der Waals surface area contributed by atoms with Crippen LogP contribution in [-0.4, -0.2) is 45.9 Å². The smallest absolute Gasteiger partial charge is 0.0746 e. The molecule has 128 valence electrons. The molecule has 1 aromatic heterocycles. The standard InChI is InChI=1S/C20H26N2O2/c1-19(23)9-13-24-20(15-19)7-11-22(12-8-20)14-17-5-2-4-16-6-3-10-21-18(16)17/h2-6,10,23H,7-9,11-15H2,1H3. The van der Waals surface area contributed by atoms with Crippen LogP contribution in [0.25, 0.3) is 10.9 Å². The van der Waals surface area contributed by atoms with Crippen molar-refractivity contribution in [1.29, 1.82) is 0 Å². The van der Waals surface area contributed by atoms with Crippen molar-refractivity contribution >= 4 is 10.9 Å². The highest BCUT2D eigenvalue weighted by atomic mass is 16.5. The molecule has 1 spiro atoms. The van der Waals surface area contributed by atoms with E-state index in [1.807, 2.05) is 19.2 Å². The van der Waals surface area contributed by atoms with E-state index in [1.165, 1.54) is 10.9 Å². The fourth-order valence-corrected chi connectivity index (χ4v) is 4.30. The van der Waals surface area contributed by atoms with Crippen molar-refractivity contribution in [1.82, 2.24) is 9.88 Å². The Hall–Kier alpha value is -1.49. The third kappa shape index (κ3) is 3.18. The van der Waals surface area contributed by atoms with Gasteiger partial charge in [0.2, 0.25) is 0 Å². The number of aromatic nitrogens is 1. The minimum atomic E-state index is -0.569. The van der Waals surface area contributed by atoms with Crippen LogP contribution in [0.15, 0.2) is 36.5 Å². The summed E-state index contributed by atoms with van der Waals surface area (Å²) in [4.78, 5) is 7.05. The Morgan fingerprint density at radius 2 is 1.96 bits per heavy atom. The van der Waals surface area contributed by atoms with Crippen molar-refractivity contribution in [2.24, 2.45) is 0 Å². The quantitative estimate of drug-likeness (QED) is 0.921. The number of nitrogens with zero attached hydrogens (tertiary/aromatic N) is 2. The van der Waals surface area contributed by atoms with Gasteiger partial charge in [-0.1, -0.05) is 24.3 Å². The van der Waals surface area contributed by atoms with Crippen LogP contribution in [0, 0.1) is 0 Å². The molecule has 4 nitrogen and oxygen atoms in total. The summed E-state index contributed by atoms with van der Waals surface area (Å²) >= 11 is 0. The van der Waals surface area contributed by atoms with Crippen LogP contribution >= 0.6 is 0 Å². The highest BCUT2D eigenvalue weighted by Crippen LogP contribution is 2.39. The van der Waals surface area contributed by atoms with Crippen molar-refractivity contribution in [3.8, 4) is 0 Å². The fraction of sp³-hybridized carbons (Fsp3) is 0.550. The first kappa shape index (κ1) is 16.0. The number of para-hydroxylation sites is 1. The molecule has 2 aliphatic heterocycles. The molecule has 2 aliphatic rings. The minimum absolute atomic E-state index is 0.116. The van der Waals surface area contributed by atoms with Crippen LogP contribution in [0.5, 0.6) is 0 Å². The number of rotatable bonds is 2. The summed E-state index contributed by atoms with van der Waals surface area (Å²) in [7, 11) is 0. The molecule has 0 amide bonds. The number of aliphatic hydroxyl groups is 1. The SMILES string of the molecule is CC1(O)CCOC2(CCN(Cc3cccc4cccnc34)CC2)C1. The van der Waals surface area contributed by atoms with Crippen LogP contribution in [-0.2, 0) is 11.3 Å². The molecule has 4 heteroatoms. The van der Waals surface area contributed by atoms with Crippen molar-refractivity contribution < 1.29 is 9.84 Å². The fourth-order valence-electron chi connectivity index (χ4n) is 4.30. The third-order valence-electron chi connectivity index (χ3n) is 5.63. The van der Waals surface area contributed by atoms with Crippen LogP contribution in [0.2, 0.25) is 0 Å². The van der Waals surface area contributed by atoms with E-state index in [1.54, 1.807) is 0 Å². The van der Waals surface area contributed by atoms with E-state index >= 15 is 0 Å². The number of pyridine rings is 1. The molecule has 0 aliphatic carbocycles. The minimum Gasteiger partial charge on any atom is -0.390 e. The Labute approximate surface area is 143 Å². The van der Waals surface area contributed by atoms with Crippen LogP contribution in [0.4, 0.5) is 0 Å². The van der Waals surface area contributed by atoms with E-state index < -0.39 is 5.60 Å². The topological polar surface area (TPSA) is 45.6 Å². The summed E-state index contributed by atoms with van der Waals surface area (Å²) in [5.41, 5.74) is 1.72. The second-order valence-corrected chi connectivity index (χ2v) is 7.72. The van der Waals surface area contributed by atoms with Gasteiger partial charge in [0.15, 0.2) is 0 Å². The van der Waals surface area contributed by atoms with Crippen LogP contribution in [0.3, 0.4) is 0 Å². The second kappa shape index (κ2) is 6.10. The molecule has 1 unspecified atom stereocenters. The van der Waals surface area contributed by atoms with Crippen molar-refractivity contribution in [2.75, 3.05) is 19.7 Å². The molecule has 0 saturated carbocycles. The lowest BCUT2D eigenvalue weighted by atomic mass is 9.78. The maximum absolute atomic E-state index is 10.4. The van der Waals surface area contributed by atoms with Crippen molar-refractivity contribution in [3.63, 3.8) is 0 Å². The van der Waals surface area contributed by atoms with E-state index in [9.17, 15) is 5.11 Å². The molecule has 1 atom stereocenters. The monoisotopic (exact) mass is 326 g/mol. The average Bonchev–Trinajstić information content (AvgIpc) is 2.57. The summed E-state index contributed by atoms with van der Waals surface area (Å²) in [5, 5.41) is 11.6. The predicted molar refractivity (Wildman–Crippen MR) is 94.8 cm³/mol. The number of fused-ring (bicyclic) bond motifs is 1. The van der Waals surface area contributed by atoms with Gasteiger partial charge < -0.3 is 9.84 Å². The summed E-state index contributed by atoms with van der Waals surface area (Å²) in [6.45, 7) is 5.59.